The normalized spacial score (nSPS) is 19.3. The van der Waals surface area contributed by atoms with E-state index in [9.17, 15) is 26.3 Å². The first-order chi connectivity index (χ1) is 13.5. The second kappa shape index (κ2) is 9.07. The molecule has 158 valence electrons. The molecule has 2 aromatic rings. The van der Waals surface area contributed by atoms with Crippen LogP contribution in [0.5, 0.6) is 0 Å². The molecule has 6 nitrogen and oxygen atoms in total. The average Bonchev–Trinajstić information content (AvgIpc) is 2.65. The van der Waals surface area contributed by atoms with Gasteiger partial charge in [0.1, 0.15) is 5.82 Å². The van der Waals surface area contributed by atoms with Crippen LogP contribution in [0.4, 0.5) is 32.3 Å². The molecule has 1 fully saturated rings. The maximum Gasteiger partial charge on any atom is 0.490 e. The number of carboxylic acid groups (broad SMARTS) is 1. The van der Waals surface area contributed by atoms with E-state index in [1.165, 1.54) is 0 Å². The van der Waals surface area contributed by atoms with Crippen molar-refractivity contribution in [2.75, 3.05) is 18.0 Å². The Morgan fingerprint density at radius 1 is 1.10 bits per heavy atom. The number of piperidine rings is 1. The van der Waals surface area contributed by atoms with E-state index in [4.69, 9.17) is 15.6 Å². The van der Waals surface area contributed by atoms with E-state index >= 15 is 0 Å². The third-order valence-corrected chi connectivity index (χ3v) is 4.17. The molecule has 1 aliphatic heterocycles. The number of nitrogens with two attached hydrogens (primary N) is 1. The number of hydrogen-bond donors (Lipinski definition) is 2. The Labute approximate surface area is 161 Å². The van der Waals surface area contributed by atoms with Crippen LogP contribution in [0.2, 0.25) is 0 Å². The van der Waals surface area contributed by atoms with Crippen molar-refractivity contribution >= 4 is 11.9 Å². The summed E-state index contributed by atoms with van der Waals surface area (Å²) in [5, 5.41) is 7.12. The summed E-state index contributed by atoms with van der Waals surface area (Å²) in [4.78, 5) is 19.1. The van der Waals surface area contributed by atoms with Gasteiger partial charge in [-0.2, -0.15) is 13.2 Å². The first-order valence-corrected chi connectivity index (χ1v) is 8.22. The Balaban J connectivity index is 0.000000370. The van der Waals surface area contributed by atoms with Crippen molar-refractivity contribution in [1.29, 1.82) is 0 Å². The fraction of sp³-hybridized carbons (Fsp3) is 0.353. The van der Waals surface area contributed by atoms with Gasteiger partial charge in [0.05, 0.1) is 0 Å². The molecule has 2 heterocycles. The summed E-state index contributed by atoms with van der Waals surface area (Å²) >= 11 is 0. The topological polar surface area (TPSA) is 92.3 Å². The Morgan fingerprint density at radius 3 is 2.17 bits per heavy atom. The van der Waals surface area contributed by atoms with Crippen LogP contribution in [-0.2, 0) is 4.79 Å². The molecule has 0 amide bonds. The minimum atomic E-state index is -5.08. The number of nitrogens with zero attached hydrogens (tertiary/aromatic N) is 3. The van der Waals surface area contributed by atoms with E-state index in [0.29, 0.717) is 31.5 Å². The molecule has 0 radical (unpaired) electrons. The largest absolute Gasteiger partial charge is 0.490 e. The van der Waals surface area contributed by atoms with Crippen LogP contribution in [-0.4, -0.2) is 46.4 Å². The van der Waals surface area contributed by atoms with Crippen LogP contribution >= 0.6 is 0 Å². The minimum absolute atomic E-state index is 0.125. The highest BCUT2D eigenvalue weighted by Gasteiger charge is 2.38. The Hall–Kier alpha value is -2.89. The number of hydrogen-bond acceptors (Lipinski definition) is 5. The number of halogens is 6. The van der Waals surface area contributed by atoms with Gasteiger partial charge >= 0.3 is 12.1 Å². The summed E-state index contributed by atoms with van der Waals surface area (Å²) in [6.45, 7) is 0.994. The molecule has 1 aliphatic rings. The predicted octanol–water partition coefficient (Wildman–Crippen LogP) is 2.85. The summed E-state index contributed by atoms with van der Waals surface area (Å²) in [6, 6.07) is 2.78. The van der Waals surface area contributed by atoms with Gasteiger partial charge in [-0.15, -0.1) is 0 Å². The highest BCUT2D eigenvalue weighted by Crippen LogP contribution is 2.31. The number of aliphatic carboxylic acids is 1. The zero-order valence-electron chi connectivity index (χ0n) is 14.7. The second-order valence-electron chi connectivity index (χ2n) is 6.14. The lowest BCUT2D eigenvalue weighted by Crippen LogP contribution is -2.48. The number of aromatic nitrogens is 2. The number of rotatable bonds is 2. The fourth-order valence-corrected chi connectivity index (χ4v) is 2.83. The lowest BCUT2D eigenvalue weighted by atomic mass is 9.85. The Bertz CT molecular complexity index is 850. The zero-order chi connectivity index (χ0) is 21.8. The molecule has 0 spiro atoms. The number of carbonyl (C=O) groups is 1. The van der Waals surface area contributed by atoms with Gasteiger partial charge in [0.2, 0.25) is 5.95 Å². The molecular weight excluding hydrogens is 406 g/mol. The summed E-state index contributed by atoms with van der Waals surface area (Å²) < 4.78 is 72.1. The Kier molecular flexibility index (Phi) is 7.01. The summed E-state index contributed by atoms with van der Waals surface area (Å²) in [5.41, 5.74) is 6.24. The molecule has 2 atom stereocenters. The van der Waals surface area contributed by atoms with Gasteiger partial charge in [-0.05, 0) is 24.1 Å². The lowest BCUT2D eigenvalue weighted by Gasteiger charge is -2.37. The molecule has 1 saturated heterocycles. The molecule has 0 saturated carbocycles. The smallest absolute Gasteiger partial charge is 0.475 e. The molecule has 0 unspecified atom stereocenters. The summed E-state index contributed by atoms with van der Waals surface area (Å²) in [6.07, 6.45) is -1.30. The van der Waals surface area contributed by atoms with E-state index in [1.54, 1.807) is 18.5 Å². The van der Waals surface area contributed by atoms with Crippen molar-refractivity contribution in [3.63, 3.8) is 0 Å². The molecule has 1 aromatic heterocycles. The SMILES string of the molecule is N[C@H]1CN(c2ncccn2)CC[C@@H]1c1cc(F)c(F)cc1F.O=C(O)C(F)(F)F. The second-order valence-corrected chi connectivity index (χ2v) is 6.14. The summed E-state index contributed by atoms with van der Waals surface area (Å²) in [7, 11) is 0. The molecule has 1 aromatic carbocycles. The van der Waals surface area contributed by atoms with Gasteiger partial charge in [-0.1, -0.05) is 0 Å². The van der Waals surface area contributed by atoms with Crippen molar-refractivity contribution in [2.24, 2.45) is 5.73 Å². The maximum absolute atomic E-state index is 13.9. The summed E-state index contributed by atoms with van der Waals surface area (Å²) in [5.74, 6) is -5.57. The molecule has 3 N–H and O–H groups in total. The van der Waals surface area contributed by atoms with Crippen molar-refractivity contribution in [2.45, 2.75) is 24.6 Å². The molecule has 12 heteroatoms. The van der Waals surface area contributed by atoms with E-state index < -0.39 is 35.6 Å². The van der Waals surface area contributed by atoms with Gasteiger partial charge in [0, 0.05) is 43.5 Å². The van der Waals surface area contributed by atoms with Crippen molar-refractivity contribution < 1.29 is 36.2 Å². The predicted molar refractivity (Wildman–Crippen MR) is 89.6 cm³/mol. The molecule has 29 heavy (non-hydrogen) atoms. The van der Waals surface area contributed by atoms with E-state index in [1.807, 2.05) is 4.90 Å². The van der Waals surface area contributed by atoms with Gasteiger partial charge in [0.15, 0.2) is 11.6 Å². The highest BCUT2D eigenvalue weighted by atomic mass is 19.4. The highest BCUT2D eigenvalue weighted by molar-refractivity contribution is 5.73. The minimum Gasteiger partial charge on any atom is -0.475 e. The van der Waals surface area contributed by atoms with E-state index in [2.05, 4.69) is 9.97 Å². The van der Waals surface area contributed by atoms with Crippen LogP contribution in [0, 0.1) is 17.5 Å². The van der Waals surface area contributed by atoms with Crippen molar-refractivity contribution in [1.82, 2.24) is 9.97 Å². The van der Waals surface area contributed by atoms with Crippen molar-refractivity contribution in [3.05, 3.63) is 53.6 Å². The zero-order valence-corrected chi connectivity index (χ0v) is 14.7. The lowest BCUT2D eigenvalue weighted by molar-refractivity contribution is -0.192. The number of carboxylic acids is 1. The molecule has 0 aliphatic carbocycles. The number of anilines is 1. The van der Waals surface area contributed by atoms with Crippen LogP contribution in [0.3, 0.4) is 0 Å². The van der Waals surface area contributed by atoms with Crippen LogP contribution in [0.15, 0.2) is 30.6 Å². The number of alkyl halides is 3. The molecular formula is C17H16F6N4O2. The fourth-order valence-electron chi connectivity index (χ4n) is 2.83. The van der Waals surface area contributed by atoms with Crippen LogP contribution in [0.25, 0.3) is 0 Å². The maximum atomic E-state index is 13.9. The number of benzene rings is 1. The monoisotopic (exact) mass is 422 g/mol. The van der Waals surface area contributed by atoms with E-state index in [-0.39, 0.29) is 11.5 Å². The van der Waals surface area contributed by atoms with Gasteiger partial charge in [-0.3, -0.25) is 0 Å². The van der Waals surface area contributed by atoms with Gasteiger partial charge in [-0.25, -0.2) is 27.9 Å². The third-order valence-electron chi connectivity index (χ3n) is 4.17. The first kappa shape index (κ1) is 22.4. The van der Waals surface area contributed by atoms with Crippen LogP contribution < -0.4 is 10.6 Å². The van der Waals surface area contributed by atoms with E-state index in [0.717, 1.165) is 6.07 Å². The molecule has 0 bridgehead atoms. The standard InChI is InChI=1S/C15H15F3N4.C2HF3O2/c16-11-7-13(18)12(17)6-10(11)9-2-5-22(8-14(9)19)15-20-3-1-4-21-15;3-2(4,5)1(6)7/h1,3-4,6-7,9,14H,2,5,8,19H2;(H,6,7)/t9-,14+;/m1./s1. The van der Waals surface area contributed by atoms with Crippen LogP contribution in [0.1, 0.15) is 17.9 Å². The Morgan fingerprint density at radius 2 is 1.66 bits per heavy atom. The third kappa shape index (κ3) is 5.79. The van der Waals surface area contributed by atoms with Gasteiger partial charge in [0.25, 0.3) is 0 Å². The van der Waals surface area contributed by atoms with Crippen molar-refractivity contribution in [3.8, 4) is 0 Å². The van der Waals surface area contributed by atoms with Gasteiger partial charge < -0.3 is 15.7 Å². The quantitative estimate of drug-likeness (QED) is 0.571. The first-order valence-electron chi connectivity index (χ1n) is 8.22. The average molecular weight is 422 g/mol. The molecule has 3 rings (SSSR count).